The molecule has 0 spiro atoms. The number of benzene rings is 1. The Morgan fingerprint density at radius 2 is 2.16 bits per heavy atom. The fraction of sp³-hybridized carbons (Fsp3) is 0.125. The zero-order chi connectivity index (χ0) is 18.1. The molecule has 2 aromatic heterocycles. The molecule has 0 unspecified atom stereocenters. The summed E-state index contributed by atoms with van der Waals surface area (Å²) in [6.45, 7) is 1.77. The van der Waals surface area contributed by atoms with Gasteiger partial charge in [-0.3, -0.25) is 14.7 Å². The fourth-order valence-electron chi connectivity index (χ4n) is 2.37. The average Bonchev–Trinajstić information content (AvgIpc) is 3.08. The van der Waals surface area contributed by atoms with Gasteiger partial charge in [-0.05, 0) is 46.6 Å². The standard InChI is InChI=1S/C16H11BrClFN4O2/c1-7-4-11(21-12(24)5-18)14(22-16(7)17)15(25)8-2-3-10(19)13-9(8)6-20-23-13/h2-4,6H,5H2,1H3,(H,20,23)(H,21,24). The predicted octanol–water partition coefficient (Wildman–Crippen LogP) is 3.58. The minimum Gasteiger partial charge on any atom is -0.323 e. The minimum atomic E-state index is -0.516. The van der Waals surface area contributed by atoms with Gasteiger partial charge in [0, 0.05) is 10.9 Å². The second-order valence-electron chi connectivity index (χ2n) is 5.26. The van der Waals surface area contributed by atoms with Gasteiger partial charge >= 0.3 is 0 Å². The van der Waals surface area contributed by atoms with Gasteiger partial charge in [0.15, 0.2) is 0 Å². The molecule has 0 aliphatic rings. The summed E-state index contributed by atoms with van der Waals surface area (Å²) < 4.78 is 14.3. The Morgan fingerprint density at radius 1 is 1.40 bits per heavy atom. The van der Waals surface area contributed by atoms with Crippen molar-refractivity contribution < 1.29 is 14.0 Å². The predicted molar refractivity (Wildman–Crippen MR) is 95.5 cm³/mol. The number of carbonyl (C=O) groups excluding carboxylic acids is 2. The van der Waals surface area contributed by atoms with Gasteiger partial charge in [0.2, 0.25) is 11.7 Å². The number of pyridine rings is 1. The third-order valence-corrected chi connectivity index (χ3v) is 4.62. The number of aromatic nitrogens is 3. The van der Waals surface area contributed by atoms with Gasteiger partial charge in [0.25, 0.3) is 0 Å². The second-order valence-corrected chi connectivity index (χ2v) is 6.28. The summed E-state index contributed by atoms with van der Waals surface area (Å²) in [5.41, 5.74) is 1.33. The molecule has 0 atom stereocenters. The van der Waals surface area contributed by atoms with Crippen LogP contribution in [0.5, 0.6) is 0 Å². The van der Waals surface area contributed by atoms with Crippen LogP contribution in [0.25, 0.3) is 10.9 Å². The summed E-state index contributed by atoms with van der Waals surface area (Å²) in [6, 6.07) is 4.15. The molecule has 6 nitrogen and oxygen atoms in total. The van der Waals surface area contributed by atoms with Gasteiger partial charge in [-0.1, -0.05) is 0 Å². The fourth-order valence-corrected chi connectivity index (χ4v) is 2.73. The van der Waals surface area contributed by atoms with Crippen molar-refractivity contribution in [3.05, 3.63) is 51.6 Å². The normalized spacial score (nSPS) is 10.9. The Morgan fingerprint density at radius 3 is 2.88 bits per heavy atom. The number of nitrogens with one attached hydrogen (secondary N) is 2. The van der Waals surface area contributed by atoms with Crippen molar-refractivity contribution in [3.8, 4) is 0 Å². The first-order valence-corrected chi connectivity index (χ1v) is 8.44. The number of hydrogen-bond donors (Lipinski definition) is 2. The molecule has 0 saturated heterocycles. The minimum absolute atomic E-state index is 0.0186. The largest absolute Gasteiger partial charge is 0.323 e. The molecule has 0 fully saturated rings. The Bertz CT molecular complexity index is 1010. The van der Waals surface area contributed by atoms with E-state index in [2.05, 4.69) is 36.4 Å². The lowest BCUT2D eigenvalue weighted by atomic mass is 10.0. The highest BCUT2D eigenvalue weighted by Crippen LogP contribution is 2.27. The number of amides is 1. The number of fused-ring (bicyclic) bond motifs is 1. The van der Waals surface area contributed by atoms with Crippen LogP contribution < -0.4 is 5.32 Å². The van der Waals surface area contributed by atoms with Crippen LogP contribution in [0.3, 0.4) is 0 Å². The molecule has 1 aromatic carbocycles. The van der Waals surface area contributed by atoms with Crippen LogP contribution in [0.15, 0.2) is 29.0 Å². The summed E-state index contributed by atoms with van der Waals surface area (Å²) in [5, 5.41) is 9.19. The number of ketones is 1. The number of nitrogens with zero attached hydrogens (tertiary/aromatic N) is 2. The number of halogens is 3. The van der Waals surface area contributed by atoms with E-state index in [1.165, 1.54) is 18.3 Å². The first kappa shape index (κ1) is 17.5. The van der Waals surface area contributed by atoms with Gasteiger partial charge in [0.1, 0.15) is 27.5 Å². The number of carbonyl (C=O) groups is 2. The van der Waals surface area contributed by atoms with E-state index in [0.717, 1.165) is 5.56 Å². The van der Waals surface area contributed by atoms with Gasteiger partial charge < -0.3 is 5.32 Å². The van der Waals surface area contributed by atoms with Crippen LogP contribution in [0, 0.1) is 12.7 Å². The number of H-pyrrole nitrogens is 1. The lowest BCUT2D eigenvalue weighted by Crippen LogP contribution is -2.17. The Labute approximate surface area is 154 Å². The molecule has 25 heavy (non-hydrogen) atoms. The zero-order valence-corrected chi connectivity index (χ0v) is 15.2. The summed E-state index contributed by atoms with van der Waals surface area (Å²) in [5.74, 6) is -1.72. The van der Waals surface area contributed by atoms with E-state index >= 15 is 0 Å². The molecule has 3 aromatic rings. The highest BCUT2D eigenvalue weighted by molar-refractivity contribution is 9.10. The Balaban J connectivity index is 2.15. The summed E-state index contributed by atoms with van der Waals surface area (Å²) in [4.78, 5) is 28.9. The summed E-state index contributed by atoms with van der Waals surface area (Å²) in [7, 11) is 0. The van der Waals surface area contributed by atoms with Crippen molar-refractivity contribution in [3.63, 3.8) is 0 Å². The smallest absolute Gasteiger partial charge is 0.239 e. The maximum atomic E-state index is 13.8. The van der Waals surface area contributed by atoms with E-state index in [1.807, 2.05) is 0 Å². The first-order chi connectivity index (χ1) is 11.9. The van der Waals surface area contributed by atoms with E-state index < -0.39 is 17.5 Å². The van der Waals surface area contributed by atoms with Crippen molar-refractivity contribution in [2.75, 3.05) is 11.2 Å². The third-order valence-electron chi connectivity index (χ3n) is 3.57. The molecule has 0 saturated carbocycles. The van der Waals surface area contributed by atoms with E-state index in [4.69, 9.17) is 11.6 Å². The van der Waals surface area contributed by atoms with E-state index in [1.54, 1.807) is 13.0 Å². The molecule has 3 rings (SSSR count). The SMILES string of the molecule is Cc1cc(NC(=O)CCl)c(C(=O)c2ccc(F)c3[nH]ncc23)nc1Br. The average molecular weight is 426 g/mol. The quantitative estimate of drug-likeness (QED) is 0.380. The maximum absolute atomic E-state index is 13.8. The van der Waals surface area contributed by atoms with Crippen molar-refractivity contribution in [2.24, 2.45) is 0 Å². The maximum Gasteiger partial charge on any atom is 0.239 e. The summed E-state index contributed by atoms with van der Waals surface area (Å²) in [6.07, 6.45) is 1.37. The molecule has 0 radical (unpaired) electrons. The van der Waals surface area contributed by atoms with E-state index in [-0.39, 0.29) is 28.3 Å². The van der Waals surface area contributed by atoms with Crippen LogP contribution >= 0.6 is 27.5 Å². The zero-order valence-electron chi connectivity index (χ0n) is 12.9. The molecular formula is C16H11BrClFN4O2. The highest BCUT2D eigenvalue weighted by atomic mass is 79.9. The molecule has 0 aliphatic carbocycles. The molecule has 0 aliphatic heterocycles. The van der Waals surface area contributed by atoms with Crippen LogP contribution in [-0.2, 0) is 4.79 Å². The van der Waals surface area contributed by atoms with Crippen LogP contribution in [0.1, 0.15) is 21.6 Å². The molecule has 1 amide bonds. The number of anilines is 1. The number of aromatic amines is 1. The number of alkyl halides is 1. The van der Waals surface area contributed by atoms with Crippen molar-refractivity contribution in [1.29, 1.82) is 0 Å². The van der Waals surface area contributed by atoms with Crippen LogP contribution in [0.2, 0.25) is 0 Å². The Kier molecular flexibility index (Phi) is 4.82. The van der Waals surface area contributed by atoms with E-state index in [0.29, 0.717) is 9.99 Å². The lowest BCUT2D eigenvalue weighted by Gasteiger charge is -2.12. The van der Waals surface area contributed by atoms with Crippen LogP contribution in [0.4, 0.5) is 10.1 Å². The number of aryl methyl sites for hydroxylation is 1. The third kappa shape index (κ3) is 3.27. The number of rotatable bonds is 4. The summed E-state index contributed by atoms with van der Waals surface area (Å²) >= 11 is 8.80. The van der Waals surface area contributed by atoms with Crippen molar-refractivity contribution in [2.45, 2.75) is 6.92 Å². The van der Waals surface area contributed by atoms with Crippen molar-refractivity contribution >= 4 is 55.8 Å². The highest BCUT2D eigenvalue weighted by Gasteiger charge is 2.22. The van der Waals surface area contributed by atoms with E-state index in [9.17, 15) is 14.0 Å². The number of hydrogen-bond acceptors (Lipinski definition) is 4. The molecule has 2 heterocycles. The molecular weight excluding hydrogens is 415 g/mol. The van der Waals surface area contributed by atoms with Crippen LogP contribution in [-0.4, -0.2) is 32.8 Å². The topological polar surface area (TPSA) is 87.7 Å². The Hall–Kier alpha value is -2.32. The molecule has 0 bridgehead atoms. The van der Waals surface area contributed by atoms with Gasteiger partial charge in [0.05, 0.1) is 11.9 Å². The monoisotopic (exact) mass is 424 g/mol. The van der Waals surface area contributed by atoms with Gasteiger partial charge in [-0.15, -0.1) is 11.6 Å². The molecule has 2 N–H and O–H groups in total. The van der Waals surface area contributed by atoms with Gasteiger partial charge in [-0.25, -0.2) is 9.37 Å². The van der Waals surface area contributed by atoms with Crippen molar-refractivity contribution in [1.82, 2.24) is 15.2 Å². The molecule has 9 heteroatoms. The molecule has 128 valence electrons. The first-order valence-electron chi connectivity index (χ1n) is 7.11. The lowest BCUT2D eigenvalue weighted by molar-refractivity contribution is -0.113. The van der Waals surface area contributed by atoms with Gasteiger partial charge in [-0.2, -0.15) is 5.10 Å². The second kappa shape index (κ2) is 6.89.